The van der Waals surface area contributed by atoms with Crippen molar-refractivity contribution in [1.82, 2.24) is 10.3 Å². The normalized spacial score (nSPS) is 11.0. The zero-order valence-electron chi connectivity index (χ0n) is 10.8. The molecule has 0 bridgehead atoms. The van der Waals surface area contributed by atoms with Gasteiger partial charge in [-0.1, -0.05) is 15.9 Å². The summed E-state index contributed by atoms with van der Waals surface area (Å²) in [7, 11) is 1.60. The van der Waals surface area contributed by atoms with E-state index in [-0.39, 0.29) is 11.3 Å². The third kappa shape index (κ3) is 3.62. The highest BCUT2D eigenvalue weighted by molar-refractivity contribution is 9.10. The first-order valence-corrected chi connectivity index (χ1v) is 6.70. The van der Waals surface area contributed by atoms with Gasteiger partial charge in [0.15, 0.2) is 5.76 Å². The summed E-state index contributed by atoms with van der Waals surface area (Å²) in [6, 6.07) is 2.36. The molecule has 0 saturated heterocycles. The standard InChI is InChI=1S/C13H13BrF2N2O2/c1-19-3-2-17-7-12-18-6-11(20-12)13-9(15)4-8(14)5-10(13)16/h4-6,17H,2-3,7H2,1H3. The fraction of sp³-hybridized carbons (Fsp3) is 0.308. The number of rotatable bonds is 6. The molecule has 0 radical (unpaired) electrons. The Bertz CT molecular complexity index is 566. The van der Waals surface area contributed by atoms with Gasteiger partial charge < -0.3 is 14.5 Å². The van der Waals surface area contributed by atoms with Crippen molar-refractivity contribution in [1.29, 1.82) is 0 Å². The fourth-order valence-electron chi connectivity index (χ4n) is 1.65. The molecule has 0 aliphatic heterocycles. The van der Waals surface area contributed by atoms with E-state index in [1.807, 2.05) is 0 Å². The van der Waals surface area contributed by atoms with E-state index in [0.29, 0.717) is 30.1 Å². The lowest BCUT2D eigenvalue weighted by molar-refractivity contribution is 0.198. The molecule has 7 heteroatoms. The van der Waals surface area contributed by atoms with Crippen LogP contribution < -0.4 is 5.32 Å². The van der Waals surface area contributed by atoms with E-state index in [1.54, 1.807) is 7.11 Å². The molecule has 0 aliphatic rings. The van der Waals surface area contributed by atoms with Crippen molar-refractivity contribution in [2.75, 3.05) is 20.3 Å². The van der Waals surface area contributed by atoms with Crippen LogP contribution >= 0.6 is 15.9 Å². The Labute approximate surface area is 123 Å². The minimum Gasteiger partial charge on any atom is -0.439 e. The van der Waals surface area contributed by atoms with E-state index in [4.69, 9.17) is 9.15 Å². The molecule has 0 aliphatic carbocycles. The van der Waals surface area contributed by atoms with Gasteiger partial charge >= 0.3 is 0 Å². The van der Waals surface area contributed by atoms with Gasteiger partial charge in [0.1, 0.15) is 11.6 Å². The van der Waals surface area contributed by atoms with Crippen LogP contribution in [0.25, 0.3) is 11.3 Å². The van der Waals surface area contributed by atoms with Gasteiger partial charge in [-0.15, -0.1) is 0 Å². The molecule has 20 heavy (non-hydrogen) atoms. The molecule has 4 nitrogen and oxygen atoms in total. The topological polar surface area (TPSA) is 47.3 Å². The van der Waals surface area contributed by atoms with Gasteiger partial charge in [0.05, 0.1) is 24.9 Å². The quantitative estimate of drug-likeness (QED) is 0.816. The lowest BCUT2D eigenvalue weighted by Gasteiger charge is -2.02. The number of hydrogen-bond acceptors (Lipinski definition) is 4. The molecule has 2 aromatic rings. The minimum atomic E-state index is -0.702. The highest BCUT2D eigenvalue weighted by atomic mass is 79.9. The van der Waals surface area contributed by atoms with Crippen LogP contribution in [0.3, 0.4) is 0 Å². The lowest BCUT2D eigenvalue weighted by atomic mass is 10.1. The second-order valence-electron chi connectivity index (χ2n) is 4.03. The van der Waals surface area contributed by atoms with Gasteiger partial charge in [-0.2, -0.15) is 0 Å². The molecule has 0 amide bonds. The zero-order chi connectivity index (χ0) is 14.5. The number of halogens is 3. The maximum Gasteiger partial charge on any atom is 0.208 e. The Morgan fingerprint density at radius 1 is 1.35 bits per heavy atom. The molecule has 0 atom stereocenters. The summed E-state index contributed by atoms with van der Waals surface area (Å²) in [5.74, 6) is -0.979. The van der Waals surface area contributed by atoms with Gasteiger partial charge in [-0.25, -0.2) is 13.8 Å². The Hall–Kier alpha value is -1.31. The number of nitrogens with zero attached hydrogens (tertiary/aromatic N) is 1. The maximum atomic E-state index is 13.8. The summed E-state index contributed by atoms with van der Waals surface area (Å²) in [5.41, 5.74) is -0.219. The lowest BCUT2D eigenvalue weighted by Crippen LogP contribution is -2.18. The van der Waals surface area contributed by atoms with E-state index < -0.39 is 11.6 Å². The molecular formula is C13H13BrF2N2O2. The maximum absolute atomic E-state index is 13.8. The van der Waals surface area contributed by atoms with Crippen molar-refractivity contribution in [2.24, 2.45) is 0 Å². The van der Waals surface area contributed by atoms with Gasteiger partial charge in [0.25, 0.3) is 0 Å². The number of ether oxygens (including phenoxy) is 1. The van der Waals surface area contributed by atoms with Crippen LogP contribution in [0, 0.1) is 11.6 Å². The molecule has 0 fully saturated rings. The van der Waals surface area contributed by atoms with Crippen LogP contribution in [-0.2, 0) is 11.3 Å². The predicted octanol–water partition coefficient (Wildman–Crippen LogP) is 3.12. The van der Waals surface area contributed by atoms with Crippen molar-refractivity contribution in [2.45, 2.75) is 6.54 Å². The second kappa shape index (κ2) is 6.92. The van der Waals surface area contributed by atoms with E-state index in [2.05, 4.69) is 26.2 Å². The molecule has 108 valence electrons. The highest BCUT2D eigenvalue weighted by Gasteiger charge is 2.17. The van der Waals surface area contributed by atoms with Gasteiger partial charge in [-0.05, 0) is 12.1 Å². The number of methoxy groups -OCH3 is 1. The molecule has 1 aromatic carbocycles. The summed E-state index contributed by atoms with van der Waals surface area (Å²) in [5, 5.41) is 3.03. The first-order valence-electron chi connectivity index (χ1n) is 5.91. The Kier molecular flexibility index (Phi) is 5.22. The number of aromatic nitrogens is 1. The first kappa shape index (κ1) is 15.1. The molecule has 1 heterocycles. The van der Waals surface area contributed by atoms with E-state index in [1.165, 1.54) is 18.3 Å². The van der Waals surface area contributed by atoms with Gasteiger partial charge in [-0.3, -0.25) is 0 Å². The molecular weight excluding hydrogens is 334 g/mol. The monoisotopic (exact) mass is 346 g/mol. The Balaban J connectivity index is 2.13. The average molecular weight is 347 g/mol. The van der Waals surface area contributed by atoms with Crippen LogP contribution in [0.15, 0.2) is 27.2 Å². The summed E-state index contributed by atoms with van der Waals surface area (Å²) in [6.45, 7) is 1.56. The van der Waals surface area contributed by atoms with Crippen molar-refractivity contribution in [3.05, 3.63) is 40.3 Å². The van der Waals surface area contributed by atoms with Gasteiger partial charge in [0.2, 0.25) is 5.89 Å². The third-order valence-electron chi connectivity index (χ3n) is 2.57. The van der Waals surface area contributed by atoms with E-state index in [0.717, 1.165) is 0 Å². The zero-order valence-corrected chi connectivity index (χ0v) is 12.3. The van der Waals surface area contributed by atoms with Gasteiger partial charge in [0, 0.05) is 18.1 Å². The van der Waals surface area contributed by atoms with Crippen LogP contribution in [0.2, 0.25) is 0 Å². The molecule has 0 spiro atoms. The second-order valence-corrected chi connectivity index (χ2v) is 4.95. The first-order chi connectivity index (χ1) is 9.61. The van der Waals surface area contributed by atoms with E-state index in [9.17, 15) is 8.78 Å². The fourth-order valence-corrected chi connectivity index (χ4v) is 2.06. The largest absolute Gasteiger partial charge is 0.439 e. The number of oxazole rings is 1. The summed E-state index contributed by atoms with van der Waals surface area (Å²) < 4.78 is 38.1. The molecule has 1 aromatic heterocycles. The van der Waals surface area contributed by atoms with Crippen LogP contribution in [0.4, 0.5) is 8.78 Å². The van der Waals surface area contributed by atoms with Crippen LogP contribution in [0.1, 0.15) is 5.89 Å². The summed E-state index contributed by atoms with van der Waals surface area (Å²) >= 11 is 3.03. The number of hydrogen-bond donors (Lipinski definition) is 1. The summed E-state index contributed by atoms with van der Waals surface area (Å²) in [4.78, 5) is 3.98. The smallest absolute Gasteiger partial charge is 0.208 e. The molecule has 0 unspecified atom stereocenters. The van der Waals surface area contributed by atoms with E-state index >= 15 is 0 Å². The molecule has 2 rings (SSSR count). The average Bonchev–Trinajstić information content (AvgIpc) is 2.82. The number of benzene rings is 1. The molecule has 0 saturated carbocycles. The molecule has 1 N–H and O–H groups in total. The van der Waals surface area contributed by atoms with Crippen molar-refractivity contribution >= 4 is 15.9 Å². The third-order valence-corrected chi connectivity index (χ3v) is 3.02. The number of nitrogens with one attached hydrogen (secondary N) is 1. The Morgan fingerprint density at radius 3 is 2.70 bits per heavy atom. The Morgan fingerprint density at radius 2 is 2.05 bits per heavy atom. The van der Waals surface area contributed by atoms with Crippen molar-refractivity contribution < 1.29 is 17.9 Å². The predicted molar refractivity (Wildman–Crippen MR) is 73.1 cm³/mol. The minimum absolute atomic E-state index is 0.0658. The van der Waals surface area contributed by atoms with Crippen LogP contribution in [0.5, 0.6) is 0 Å². The SMILES string of the molecule is COCCNCc1ncc(-c2c(F)cc(Br)cc2F)o1. The van der Waals surface area contributed by atoms with Crippen LogP contribution in [-0.4, -0.2) is 25.2 Å². The summed E-state index contributed by atoms with van der Waals surface area (Å²) in [6.07, 6.45) is 1.31. The van der Waals surface area contributed by atoms with Crippen molar-refractivity contribution in [3.63, 3.8) is 0 Å². The van der Waals surface area contributed by atoms with Crippen molar-refractivity contribution in [3.8, 4) is 11.3 Å². The highest BCUT2D eigenvalue weighted by Crippen LogP contribution is 2.29.